The number of nitrogens with two attached hydrogens (primary N) is 1. The van der Waals surface area contributed by atoms with Crippen LogP contribution in [0.15, 0.2) is 58.6 Å². The maximum atomic E-state index is 13.0. The van der Waals surface area contributed by atoms with Gasteiger partial charge in [0.2, 0.25) is 0 Å². The molecule has 1 unspecified atom stereocenters. The third-order valence-corrected chi connectivity index (χ3v) is 4.16. The summed E-state index contributed by atoms with van der Waals surface area (Å²) in [7, 11) is 0. The SMILES string of the molecule is CC(N)Cc1c(Sc2ccc(F)cc2)nc2ccccn12. The Labute approximate surface area is 127 Å². The molecule has 3 rings (SSSR count). The fraction of sp³-hybridized carbons (Fsp3) is 0.188. The highest BCUT2D eigenvalue weighted by Crippen LogP contribution is 2.31. The minimum Gasteiger partial charge on any atom is -0.328 e. The maximum absolute atomic E-state index is 13.0. The Morgan fingerprint density at radius 3 is 2.71 bits per heavy atom. The topological polar surface area (TPSA) is 43.3 Å². The lowest BCUT2D eigenvalue weighted by molar-refractivity contribution is 0.626. The van der Waals surface area contributed by atoms with E-state index < -0.39 is 0 Å². The first-order valence-corrected chi connectivity index (χ1v) is 7.60. The van der Waals surface area contributed by atoms with Crippen molar-refractivity contribution in [2.45, 2.75) is 29.3 Å². The third-order valence-electron chi connectivity index (χ3n) is 3.14. The summed E-state index contributed by atoms with van der Waals surface area (Å²) in [6.07, 6.45) is 2.74. The van der Waals surface area contributed by atoms with Crippen molar-refractivity contribution in [2.24, 2.45) is 5.73 Å². The van der Waals surface area contributed by atoms with Gasteiger partial charge in [-0.15, -0.1) is 0 Å². The minimum absolute atomic E-state index is 0.0534. The Bertz CT molecular complexity index is 750. The van der Waals surface area contributed by atoms with Crippen molar-refractivity contribution in [1.82, 2.24) is 9.38 Å². The Morgan fingerprint density at radius 2 is 2.00 bits per heavy atom. The minimum atomic E-state index is -0.231. The molecule has 0 spiro atoms. The van der Waals surface area contributed by atoms with Gasteiger partial charge < -0.3 is 10.1 Å². The molecule has 0 saturated carbocycles. The molecule has 0 fully saturated rings. The van der Waals surface area contributed by atoms with Crippen LogP contribution in [0, 0.1) is 5.82 Å². The van der Waals surface area contributed by atoms with Crippen LogP contribution >= 0.6 is 11.8 Å². The average molecular weight is 301 g/mol. The van der Waals surface area contributed by atoms with Gasteiger partial charge in [0, 0.05) is 23.6 Å². The van der Waals surface area contributed by atoms with E-state index in [0.717, 1.165) is 27.7 Å². The molecule has 2 aromatic heterocycles. The first-order valence-electron chi connectivity index (χ1n) is 6.78. The zero-order chi connectivity index (χ0) is 14.8. The first kappa shape index (κ1) is 14.1. The predicted molar refractivity (Wildman–Crippen MR) is 83.1 cm³/mol. The van der Waals surface area contributed by atoms with E-state index in [1.54, 1.807) is 12.1 Å². The second-order valence-electron chi connectivity index (χ2n) is 5.03. The first-order chi connectivity index (χ1) is 10.1. The fourth-order valence-corrected chi connectivity index (χ4v) is 3.15. The van der Waals surface area contributed by atoms with E-state index in [9.17, 15) is 4.39 Å². The number of imidazole rings is 1. The summed E-state index contributed by atoms with van der Waals surface area (Å²) in [4.78, 5) is 5.62. The van der Waals surface area contributed by atoms with Gasteiger partial charge in [0.25, 0.3) is 0 Å². The van der Waals surface area contributed by atoms with Crippen molar-refractivity contribution in [3.63, 3.8) is 0 Å². The molecule has 21 heavy (non-hydrogen) atoms. The van der Waals surface area contributed by atoms with Crippen LogP contribution < -0.4 is 5.73 Å². The number of hydrogen-bond acceptors (Lipinski definition) is 3. The Balaban J connectivity index is 2.02. The Morgan fingerprint density at radius 1 is 1.24 bits per heavy atom. The molecule has 0 amide bonds. The van der Waals surface area contributed by atoms with Crippen LogP contribution in [0.4, 0.5) is 4.39 Å². The normalized spacial score (nSPS) is 12.7. The Hall–Kier alpha value is -1.85. The van der Waals surface area contributed by atoms with Gasteiger partial charge in [-0.25, -0.2) is 9.37 Å². The molecule has 5 heteroatoms. The van der Waals surface area contributed by atoms with Crippen LogP contribution in [0.1, 0.15) is 12.6 Å². The number of hydrogen-bond donors (Lipinski definition) is 1. The van der Waals surface area contributed by atoms with Crippen molar-refractivity contribution in [2.75, 3.05) is 0 Å². The summed E-state index contributed by atoms with van der Waals surface area (Å²) in [6.45, 7) is 1.98. The lowest BCUT2D eigenvalue weighted by atomic mass is 10.2. The van der Waals surface area contributed by atoms with Crippen LogP contribution in [-0.4, -0.2) is 15.4 Å². The van der Waals surface area contributed by atoms with Gasteiger partial charge in [0.05, 0.1) is 5.69 Å². The molecule has 108 valence electrons. The van der Waals surface area contributed by atoms with Gasteiger partial charge >= 0.3 is 0 Å². The number of aromatic nitrogens is 2. The van der Waals surface area contributed by atoms with Crippen molar-refractivity contribution >= 4 is 17.4 Å². The van der Waals surface area contributed by atoms with Gasteiger partial charge in [-0.1, -0.05) is 17.8 Å². The van der Waals surface area contributed by atoms with Crippen LogP contribution in [0.25, 0.3) is 5.65 Å². The number of benzene rings is 1. The van der Waals surface area contributed by atoms with Crippen molar-refractivity contribution in [3.8, 4) is 0 Å². The van der Waals surface area contributed by atoms with Gasteiger partial charge in [0.1, 0.15) is 16.5 Å². The number of fused-ring (bicyclic) bond motifs is 1. The van der Waals surface area contributed by atoms with Crippen molar-refractivity contribution < 1.29 is 4.39 Å². The van der Waals surface area contributed by atoms with Gasteiger partial charge in [-0.05, 0) is 43.3 Å². The van der Waals surface area contributed by atoms with E-state index in [4.69, 9.17) is 5.73 Å². The summed E-state index contributed by atoms with van der Waals surface area (Å²) in [5.41, 5.74) is 7.95. The number of nitrogens with zero attached hydrogens (tertiary/aromatic N) is 2. The quantitative estimate of drug-likeness (QED) is 0.802. The molecule has 0 bridgehead atoms. The lowest BCUT2D eigenvalue weighted by Crippen LogP contribution is -2.19. The van der Waals surface area contributed by atoms with Crippen LogP contribution in [-0.2, 0) is 6.42 Å². The third kappa shape index (κ3) is 3.09. The molecule has 2 heterocycles. The number of pyridine rings is 1. The lowest BCUT2D eigenvalue weighted by Gasteiger charge is -2.07. The molecule has 0 aliphatic rings. The molecule has 0 aliphatic carbocycles. The highest BCUT2D eigenvalue weighted by Gasteiger charge is 2.14. The monoisotopic (exact) mass is 301 g/mol. The van der Waals surface area contributed by atoms with E-state index in [0.29, 0.717) is 0 Å². The van der Waals surface area contributed by atoms with Crippen molar-refractivity contribution in [3.05, 3.63) is 60.2 Å². The van der Waals surface area contributed by atoms with E-state index in [1.165, 1.54) is 23.9 Å². The largest absolute Gasteiger partial charge is 0.328 e. The summed E-state index contributed by atoms with van der Waals surface area (Å²) in [5.74, 6) is -0.231. The average Bonchev–Trinajstić information content (AvgIpc) is 2.79. The summed E-state index contributed by atoms with van der Waals surface area (Å²) in [5, 5.41) is 0.921. The molecule has 0 saturated heterocycles. The van der Waals surface area contributed by atoms with Gasteiger partial charge in [-0.3, -0.25) is 0 Å². The van der Waals surface area contributed by atoms with E-state index in [1.807, 2.05) is 31.3 Å². The smallest absolute Gasteiger partial charge is 0.138 e. The zero-order valence-corrected chi connectivity index (χ0v) is 12.5. The predicted octanol–water partition coefficient (Wildman–Crippen LogP) is 3.51. The number of rotatable bonds is 4. The van der Waals surface area contributed by atoms with E-state index >= 15 is 0 Å². The molecular formula is C16H16FN3S. The molecule has 0 aliphatic heterocycles. The molecule has 1 aromatic carbocycles. The molecule has 0 radical (unpaired) electrons. The Kier molecular flexibility index (Phi) is 3.94. The molecule has 3 aromatic rings. The van der Waals surface area contributed by atoms with E-state index in [-0.39, 0.29) is 11.9 Å². The highest BCUT2D eigenvalue weighted by atomic mass is 32.2. The molecular weight excluding hydrogens is 285 g/mol. The van der Waals surface area contributed by atoms with Crippen LogP contribution in [0.5, 0.6) is 0 Å². The molecule has 3 nitrogen and oxygen atoms in total. The second-order valence-corrected chi connectivity index (χ2v) is 6.09. The van der Waals surface area contributed by atoms with E-state index in [2.05, 4.69) is 9.38 Å². The van der Waals surface area contributed by atoms with Crippen molar-refractivity contribution in [1.29, 1.82) is 0 Å². The van der Waals surface area contributed by atoms with Crippen LogP contribution in [0.3, 0.4) is 0 Å². The number of halogens is 1. The summed E-state index contributed by atoms with van der Waals surface area (Å²) < 4.78 is 15.1. The summed E-state index contributed by atoms with van der Waals surface area (Å²) >= 11 is 1.54. The molecule has 2 N–H and O–H groups in total. The maximum Gasteiger partial charge on any atom is 0.138 e. The summed E-state index contributed by atoms with van der Waals surface area (Å²) in [6, 6.07) is 12.4. The second kappa shape index (κ2) is 5.87. The zero-order valence-electron chi connectivity index (χ0n) is 11.7. The standard InChI is InChI=1S/C16H16FN3S/c1-11(18)10-14-16(19-15-4-2-3-9-20(14)15)21-13-7-5-12(17)6-8-13/h2-9,11H,10,18H2,1H3. The fourth-order valence-electron chi connectivity index (χ4n) is 2.21. The van der Waals surface area contributed by atoms with Gasteiger partial charge in [0.15, 0.2) is 0 Å². The molecule has 1 atom stereocenters. The van der Waals surface area contributed by atoms with Crippen LogP contribution in [0.2, 0.25) is 0 Å². The highest BCUT2D eigenvalue weighted by molar-refractivity contribution is 7.99. The van der Waals surface area contributed by atoms with Gasteiger partial charge in [-0.2, -0.15) is 0 Å².